The number of carbonyl (C=O) groups is 1. The number of aryl methyl sites for hydroxylation is 2. The number of hydrogen-bond donors (Lipinski definition) is 2. The smallest absolute Gasteiger partial charge is 0.337 e. The van der Waals surface area contributed by atoms with Crippen molar-refractivity contribution in [2.24, 2.45) is 0 Å². The third kappa shape index (κ3) is 6.75. The number of aliphatic carboxylic acids is 1. The zero-order valence-corrected chi connectivity index (χ0v) is 24.4. The molecule has 0 spiro atoms. The molecular weight excluding hydrogens is 538 g/mol. The highest BCUT2D eigenvalue weighted by molar-refractivity contribution is 7.91. The van der Waals surface area contributed by atoms with E-state index in [1.165, 1.54) is 0 Å². The molecule has 0 amide bonds. The van der Waals surface area contributed by atoms with Gasteiger partial charge in [-0.3, -0.25) is 4.72 Å². The molecule has 0 saturated carbocycles. The Balaban J connectivity index is 1.87. The zero-order chi connectivity index (χ0) is 28.5. The lowest BCUT2D eigenvalue weighted by atomic mass is 9.86. The molecule has 1 aliphatic rings. The third-order valence-corrected chi connectivity index (χ3v) is 8.15. The van der Waals surface area contributed by atoms with Crippen LogP contribution in [-0.2, 0) is 31.7 Å². The van der Waals surface area contributed by atoms with Gasteiger partial charge in [0.25, 0.3) is 0 Å². The van der Waals surface area contributed by atoms with Gasteiger partial charge in [0.05, 0.1) is 23.6 Å². The van der Waals surface area contributed by atoms with E-state index in [4.69, 9.17) is 21.1 Å². The molecule has 0 saturated heterocycles. The van der Waals surface area contributed by atoms with Gasteiger partial charge in [0.2, 0.25) is 10.0 Å². The van der Waals surface area contributed by atoms with Gasteiger partial charge in [-0.05, 0) is 105 Å². The van der Waals surface area contributed by atoms with Crippen molar-refractivity contribution < 1.29 is 27.8 Å². The highest BCUT2D eigenvalue weighted by Gasteiger charge is 2.33. The summed E-state index contributed by atoms with van der Waals surface area (Å²) in [5.41, 5.74) is 4.16. The molecule has 3 aromatic carbocycles. The molecule has 0 radical (unpaired) electrons. The van der Waals surface area contributed by atoms with Gasteiger partial charge in [0.15, 0.2) is 6.10 Å². The van der Waals surface area contributed by atoms with E-state index in [-0.39, 0.29) is 5.75 Å². The molecule has 3 aromatic rings. The van der Waals surface area contributed by atoms with Crippen molar-refractivity contribution in [1.82, 2.24) is 0 Å². The van der Waals surface area contributed by atoms with Crippen molar-refractivity contribution in [2.75, 3.05) is 11.3 Å². The Bertz CT molecular complexity index is 1510. The summed E-state index contributed by atoms with van der Waals surface area (Å²) >= 11 is 6.21. The molecule has 0 fully saturated rings. The molecule has 2 N–H and O–H groups in total. The Kier molecular flexibility index (Phi) is 8.30. The lowest BCUT2D eigenvalue weighted by Crippen LogP contribution is -2.29. The van der Waals surface area contributed by atoms with Crippen LogP contribution in [0.3, 0.4) is 0 Å². The number of halogens is 1. The number of benzene rings is 3. The van der Waals surface area contributed by atoms with Crippen molar-refractivity contribution in [3.63, 3.8) is 0 Å². The number of carboxylic acids is 1. The first kappa shape index (κ1) is 28.9. The van der Waals surface area contributed by atoms with E-state index in [1.807, 2.05) is 25.1 Å². The Morgan fingerprint density at radius 1 is 1.15 bits per heavy atom. The first-order valence-electron chi connectivity index (χ1n) is 12.8. The maximum Gasteiger partial charge on any atom is 0.337 e. The van der Waals surface area contributed by atoms with Crippen LogP contribution in [0, 0.1) is 13.8 Å². The fourth-order valence-electron chi connectivity index (χ4n) is 4.88. The monoisotopic (exact) mass is 571 g/mol. The van der Waals surface area contributed by atoms with Crippen LogP contribution in [0.1, 0.15) is 61.1 Å². The van der Waals surface area contributed by atoms with Gasteiger partial charge in [-0.2, -0.15) is 0 Å². The maximum atomic E-state index is 13.2. The summed E-state index contributed by atoms with van der Waals surface area (Å²) in [5, 5.41) is 10.7. The number of carboxylic acid groups (broad SMARTS) is 1. The van der Waals surface area contributed by atoms with Crippen LogP contribution in [0.5, 0.6) is 5.75 Å². The lowest BCUT2D eigenvalue weighted by molar-refractivity contribution is -0.160. The molecule has 0 aliphatic carbocycles. The van der Waals surface area contributed by atoms with Gasteiger partial charge >= 0.3 is 5.97 Å². The van der Waals surface area contributed by atoms with Crippen LogP contribution >= 0.6 is 11.6 Å². The van der Waals surface area contributed by atoms with Gasteiger partial charge in [-0.15, -0.1) is 0 Å². The minimum atomic E-state index is -3.88. The molecule has 1 heterocycles. The zero-order valence-electron chi connectivity index (χ0n) is 22.8. The van der Waals surface area contributed by atoms with Crippen molar-refractivity contribution in [3.8, 4) is 16.9 Å². The minimum absolute atomic E-state index is 0.295. The van der Waals surface area contributed by atoms with Crippen LogP contribution < -0.4 is 9.46 Å². The predicted octanol–water partition coefficient (Wildman–Crippen LogP) is 6.83. The van der Waals surface area contributed by atoms with Crippen LogP contribution in [-0.4, -0.2) is 31.7 Å². The molecule has 4 rings (SSSR count). The molecule has 1 atom stereocenters. The predicted molar refractivity (Wildman–Crippen MR) is 154 cm³/mol. The molecule has 9 heteroatoms. The minimum Gasteiger partial charge on any atom is -0.493 e. The number of hydrogen-bond acceptors (Lipinski definition) is 5. The number of anilines is 1. The molecule has 39 heavy (non-hydrogen) atoms. The van der Waals surface area contributed by atoms with Gasteiger partial charge in [0.1, 0.15) is 5.75 Å². The van der Waals surface area contributed by atoms with Crippen molar-refractivity contribution >= 4 is 33.3 Å². The summed E-state index contributed by atoms with van der Waals surface area (Å²) < 4.78 is 40.9. The Morgan fingerprint density at radius 3 is 2.54 bits per heavy atom. The summed E-state index contributed by atoms with van der Waals surface area (Å²) in [6.45, 7) is 9.59. The Morgan fingerprint density at radius 2 is 1.87 bits per heavy atom. The number of rotatable bonds is 8. The summed E-state index contributed by atoms with van der Waals surface area (Å²) in [6.07, 6.45) is 0.425. The molecule has 208 valence electrons. The maximum absolute atomic E-state index is 13.2. The van der Waals surface area contributed by atoms with Gasteiger partial charge in [0, 0.05) is 10.6 Å². The fourth-order valence-corrected chi connectivity index (χ4v) is 6.45. The summed E-state index contributed by atoms with van der Waals surface area (Å²) in [7, 11) is -3.88. The molecule has 0 bridgehead atoms. The van der Waals surface area contributed by atoms with E-state index >= 15 is 0 Å². The van der Waals surface area contributed by atoms with Gasteiger partial charge < -0.3 is 14.6 Å². The molecule has 1 unspecified atom stereocenters. The Labute approximate surface area is 235 Å². The standard InChI is InChI=1S/C30H34ClNO6S/c1-18-15-24(32-39(35,36)17-22-9-6-7-11-23(22)31)19(2)27(28(29(33)34)38-30(3,4)5)26(18)21-12-13-25-20(16-21)10-8-14-37-25/h6-7,9,11-13,15-16,28,32H,8,10,14,17H2,1-5H3,(H,33,34). The van der Waals surface area contributed by atoms with E-state index in [0.717, 1.165) is 29.7 Å². The van der Waals surface area contributed by atoms with E-state index in [0.29, 0.717) is 45.1 Å². The second kappa shape index (κ2) is 11.2. The fraction of sp³-hybridized carbons (Fsp3) is 0.367. The highest BCUT2D eigenvalue weighted by atomic mass is 35.5. The normalized spacial score (nSPS) is 14.3. The van der Waals surface area contributed by atoms with Crippen molar-refractivity contribution in [3.05, 3.63) is 81.4 Å². The van der Waals surface area contributed by atoms with E-state index in [1.54, 1.807) is 58.0 Å². The average molecular weight is 572 g/mol. The number of nitrogens with one attached hydrogen (secondary N) is 1. The summed E-state index contributed by atoms with van der Waals surface area (Å²) in [4.78, 5) is 12.6. The van der Waals surface area contributed by atoms with Gasteiger partial charge in [-0.25, -0.2) is 13.2 Å². The second-order valence-electron chi connectivity index (χ2n) is 10.8. The first-order chi connectivity index (χ1) is 18.3. The van der Waals surface area contributed by atoms with Crippen LogP contribution in [0.4, 0.5) is 5.69 Å². The quantitative estimate of drug-likeness (QED) is 0.307. The van der Waals surface area contributed by atoms with Crippen molar-refractivity contribution in [2.45, 2.75) is 64.9 Å². The molecular formula is C30H34ClNO6S. The van der Waals surface area contributed by atoms with Crippen LogP contribution in [0.15, 0.2) is 48.5 Å². The van der Waals surface area contributed by atoms with Crippen molar-refractivity contribution in [1.29, 1.82) is 0 Å². The largest absolute Gasteiger partial charge is 0.493 e. The van der Waals surface area contributed by atoms with E-state index < -0.39 is 27.7 Å². The van der Waals surface area contributed by atoms with E-state index in [9.17, 15) is 18.3 Å². The van der Waals surface area contributed by atoms with Gasteiger partial charge in [-0.1, -0.05) is 35.9 Å². The second-order valence-corrected chi connectivity index (χ2v) is 13.0. The summed E-state index contributed by atoms with van der Waals surface area (Å²) in [5.74, 6) is -0.662. The summed E-state index contributed by atoms with van der Waals surface area (Å²) in [6, 6.07) is 14.3. The SMILES string of the molecule is Cc1cc(NS(=O)(=O)Cc2ccccc2Cl)c(C)c(C(OC(C)(C)C)C(=O)O)c1-c1ccc2c(c1)CCCO2. The number of fused-ring (bicyclic) bond motifs is 1. The highest BCUT2D eigenvalue weighted by Crippen LogP contribution is 2.42. The van der Waals surface area contributed by atoms with E-state index in [2.05, 4.69) is 4.72 Å². The molecule has 7 nitrogen and oxygen atoms in total. The third-order valence-electron chi connectivity index (χ3n) is 6.56. The molecule has 0 aromatic heterocycles. The lowest BCUT2D eigenvalue weighted by Gasteiger charge is -2.30. The first-order valence-corrected chi connectivity index (χ1v) is 14.8. The number of ether oxygens (including phenoxy) is 2. The van der Waals surface area contributed by atoms with Crippen LogP contribution in [0.25, 0.3) is 11.1 Å². The number of sulfonamides is 1. The topological polar surface area (TPSA) is 102 Å². The van der Waals surface area contributed by atoms with Crippen LogP contribution in [0.2, 0.25) is 5.02 Å². The Hall–Kier alpha value is -3.07. The molecule has 1 aliphatic heterocycles. The average Bonchev–Trinajstić information content (AvgIpc) is 2.84.